The zero-order valence-corrected chi connectivity index (χ0v) is 30.3. The summed E-state index contributed by atoms with van der Waals surface area (Å²) >= 11 is 5.97. The summed E-state index contributed by atoms with van der Waals surface area (Å²) in [6.45, 7) is 5.42. The number of aliphatic hydroxyl groups is 1. The fourth-order valence-corrected chi connectivity index (χ4v) is 7.77. The van der Waals surface area contributed by atoms with E-state index in [1.807, 2.05) is 13.8 Å². The molecule has 268 valence electrons. The van der Waals surface area contributed by atoms with E-state index >= 15 is 0 Å². The Balaban J connectivity index is 1.67. The van der Waals surface area contributed by atoms with Crippen LogP contribution in [-0.4, -0.2) is 88.7 Å². The molecular weight excluding hydrogens is 697 g/mol. The van der Waals surface area contributed by atoms with Crippen molar-refractivity contribution in [2.45, 2.75) is 68.1 Å². The van der Waals surface area contributed by atoms with Crippen molar-refractivity contribution in [1.82, 2.24) is 9.21 Å². The molecule has 4 rings (SSSR count). The number of fused-ring (bicyclic) bond motifs is 1. The molecular formula is C34H43ClFN3O8S2. The third kappa shape index (κ3) is 9.92. The van der Waals surface area contributed by atoms with Crippen LogP contribution in [0.25, 0.3) is 0 Å². The van der Waals surface area contributed by atoms with Gasteiger partial charge in [0, 0.05) is 43.4 Å². The van der Waals surface area contributed by atoms with Gasteiger partial charge in [0.05, 0.1) is 40.2 Å². The number of benzene rings is 3. The minimum absolute atomic E-state index is 0.00687. The Labute approximate surface area is 293 Å². The standard InChI is InChI=1S/C34H43ClFN3O8S2/c1-23-20-39(24(2)22-40)34(41)31-19-28(37-48(42,43)29-15-10-27(36)11-16-29)12-17-32(31)47-25(3)7-5-6-18-46-33(23)21-38(4)49(44,45)30-13-8-26(35)9-14-30/h8-17,19,23-25,33,37,40H,5-7,18,20-22H2,1-4H3/t23-,24+,25+,33+/m0/s1. The van der Waals surface area contributed by atoms with E-state index < -0.39 is 49.8 Å². The van der Waals surface area contributed by atoms with Gasteiger partial charge < -0.3 is 19.5 Å². The molecule has 2 N–H and O–H groups in total. The molecule has 0 fully saturated rings. The van der Waals surface area contributed by atoms with E-state index in [2.05, 4.69) is 4.72 Å². The molecule has 0 bridgehead atoms. The Morgan fingerprint density at radius 1 is 1.02 bits per heavy atom. The van der Waals surface area contributed by atoms with Crippen molar-refractivity contribution < 1.29 is 40.6 Å². The smallest absolute Gasteiger partial charge is 0.261 e. The van der Waals surface area contributed by atoms with Crippen molar-refractivity contribution in [3.05, 3.63) is 83.1 Å². The number of hydrogen-bond acceptors (Lipinski definition) is 8. The molecule has 0 radical (unpaired) electrons. The first-order valence-electron chi connectivity index (χ1n) is 16.0. The highest BCUT2D eigenvalue weighted by Crippen LogP contribution is 2.30. The molecule has 0 saturated carbocycles. The lowest BCUT2D eigenvalue weighted by Gasteiger charge is -2.35. The minimum atomic E-state index is -4.13. The molecule has 4 atom stereocenters. The maximum absolute atomic E-state index is 14.3. The van der Waals surface area contributed by atoms with Gasteiger partial charge in [0.25, 0.3) is 15.9 Å². The maximum atomic E-state index is 14.3. The highest BCUT2D eigenvalue weighted by Gasteiger charge is 2.32. The molecule has 0 aliphatic carbocycles. The number of sulfonamides is 2. The van der Waals surface area contributed by atoms with Crippen LogP contribution in [0, 0.1) is 11.7 Å². The minimum Gasteiger partial charge on any atom is -0.490 e. The molecule has 1 heterocycles. The van der Waals surface area contributed by atoms with Gasteiger partial charge in [0.2, 0.25) is 10.0 Å². The highest BCUT2D eigenvalue weighted by atomic mass is 35.5. The molecule has 11 nitrogen and oxygen atoms in total. The first-order valence-corrected chi connectivity index (χ1v) is 19.3. The van der Waals surface area contributed by atoms with Crippen molar-refractivity contribution >= 4 is 43.2 Å². The van der Waals surface area contributed by atoms with Crippen molar-refractivity contribution in [1.29, 1.82) is 0 Å². The fourth-order valence-electron chi connectivity index (χ4n) is 5.41. The number of likely N-dealkylation sites (N-methyl/N-ethyl adjacent to an activating group) is 1. The van der Waals surface area contributed by atoms with E-state index in [9.17, 15) is 31.1 Å². The van der Waals surface area contributed by atoms with Crippen LogP contribution in [0.15, 0.2) is 76.5 Å². The lowest BCUT2D eigenvalue weighted by molar-refractivity contribution is -0.00833. The largest absolute Gasteiger partial charge is 0.490 e. The van der Waals surface area contributed by atoms with Gasteiger partial charge in [-0.25, -0.2) is 21.2 Å². The van der Waals surface area contributed by atoms with Crippen LogP contribution >= 0.6 is 11.6 Å². The van der Waals surface area contributed by atoms with Gasteiger partial charge in [-0.3, -0.25) is 9.52 Å². The molecule has 0 aromatic heterocycles. The molecule has 1 aliphatic rings. The Morgan fingerprint density at radius 2 is 1.67 bits per heavy atom. The average molecular weight is 740 g/mol. The number of rotatable bonds is 9. The van der Waals surface area contributed by atoms with E-state index in [0.717, 1.165) is 30.7 Å². The highest BCUT2D eigenvalue weighted by molar-refractivity contribution is 7.92. The van der Waals surface area contributed by atoms with Crippen LogP contribution in [0.1, 0.15) is 50.4 Å². The van der Waals surface area contributed by atoms with Gasteiger partial charge >= 0.3 is 0 Å². The topological polar surface area (TPSA) is 143 Å². The maximum Gasteiger partial charge on any atom is 0.261 e. The zero-order valence-electron chi connectivity index (χ0n) is 27.9. The summed E-state index contributed by atoms with van der Waals surface area (Å²) in [5, 5.41) is 10.6. The van der Waals surface area contributed by atoms with Crippen LogP contribution in [0.5, 0.6) is 5.75 Å². The van der Waals surface area contributed by atoms with Crippen LogP contribution in [0.2, 0.25) is 5.02 Å². The summed E-state index contributed by atoms with van der Waals surface area (Å²) in [6.07, 6.45) is 1.09. The third-order valence-electron chi connectivity index (χ3n) is 8.39. The van der Waals surface area contributed by atoms with Gasteiger partial charge in [-0.2, -0.15) is 4.31 Å². The molecule has 0 unspecified atom stereocenters. The Kier molecular flexibility index (Phi) is 13.1. The molecule has 49 heavy (non-hydrogen) atoms. The van der Waals surface area contributed by atoms with Crippen LogP contribution in [0.3, 0.4) is 0 Å². The van der Waals surface area contributed by atoms with Crippen LogP contribution < -0.4 is 9.46 Å². The Hall–Kier alpha value is -3.27. The normalized spacial score (nSPS) is 20.6. The summed E-state index contributed by atoms with van der Waals surface area (Å²) in [7, 11) is -6.55. The first-order chi connectivity index (χ1) is 23.1. The quantitative estimate of drug-likeness (QED) is 0.297. The summed E-state index contributed by atoms with van der Waals surface area (Å²) in [6, 6.07) is 13.9. The summed E-state index contributed by atoms with van der Waals surface area (Å²) in [4.78, 5) is 15.7. The van der Waals surface area contributed by atoms with Crippen molar-refractivity contribution in [2.75, 3.05) is 38.1 Å². The van der Waals surface area contributed by atoms with Gasteiger partial charge in [-0.15, -0.1) is 0 Å². The molecule has 1 aliphatic heterocycles. The monoisotopic (exact) mass is 739 g/mol. The van der Waals surface area contributed by atoms with Gasteiger partial charge in [0.15, 0.2) is 0 Å². The second-order valence-electron chi connectivity index (χ2n) is 12.3. The van der Waals surface area contributed by atoms with E-state index in [0.29, 0.717) is 24.5 Å². The van der Waals surface area contributed by atoms with Gasteiger partial charge in [-0.05, 0) is 99.8 Å². The number of carbonyl (C=O) groups excluding carboxylic acids is 1. The predicted molar refractivity (Wildman–Crippen MR) is 185 cm³/mol. The molecule has 0 saturated heterocycles. The number of nitrogens with one attached hydrogen (secondary N) is 1. The van der Waals surface area contributed by atoms with Crippen LogP contribution in [-0.2, 0) is 24.8 Å². The van der Waals surface area contributed by atoms with Crippen LogP contribution in [0.4, 0.5) is 10.1 Å². The molecule has 3 aromatic rings. The van der Waals surface area contributed by atoms with Crippen molar-refractivity contribution in [3.8, 4) is 5.75 Å². The lowest BCUT2D eigenvalue weighted by atomic mass is 10.0. The zero-order chi connectivity index (χ0) is 35.9. The number of nitrogens with zero attached hydrogens (tertiary/aromatic N) is 2. The Bertz CT molecular complexity index is 1790. The number of anilines is 1. The summed E-state index contributed by atoms with van der Waals surface area (Å²) in [5.41, 5.74) is 0.143. The number of carbonyl (C=O) groups is 1. The van der Waals surface area contributed by atoms with E-state index in [1.54, 1.807) is 6.92 Å². The molecule has 1 amide bonds. The van der Waals surface area contributed by atoms with E-state index in [-0.39, 0.29) is 52.6 Å². The molecule has 15 heteroatoms. The second-order valence-corrected chi connectivity index (χ2v) is 16.5. The number of hydrogen-bond donors (Lipinski definition) is 2. The van der Waals surface area contributed by atoms with Crippen molar-refractivity contribution in [2.24, 2.45) is 5.92 Å². The number of ether oxygens (including phenoxy) is 2. The summed E-state index contributed by atoms with van der Waals surface area (Å²) < 4.78 is 82.6. The third-order valence-corrected chi connectivity index (χ3v) is 11.9. The van der Waals surface area contributed by atoms with Gasteiger partial charge in [-0.1, -0.05) is 18.5 Å². The fraction of sp³-hybridized carbons (Fsp3) is 0.441. The number of aliphatic hydroxyl groups excluding tert-OH is 1. The first kappa shape index (κ1) is 38.5. The number of amides is 1. The Morgan fingerprint density at radius 3 is 2.33 bits per heavy atom. The number of halogens is 2. The lowest BCUT2D eigenvalue weighted by Crippen LogP contribution is -2.48. The second kappa shape index (κ2) is 16.6. The predicted octanol–water partition coefficient (Wildman–Crippen LogP) is 5.40. The van der Waals surface area contributed by atoms with E-state index in [4.69, 9.17) is 21.1 Å². The van der Waals surface area contributed by atoms with E-state index in [1.165, 1.54) is 58.7 Å². The van der Waals surface area contributed by atoms with Gasteiger partial charge in [0.1, 0.15) is 11.6 Å². The molecule has 0 spiro atoms. The average Bonchev–Trinajstić information content (AvgIpc) is 3.06. The van der Waals surface area contributed by atoms with Crippen molar-refractivity contribution in [3.63, 3.8) is 0 Å². The SMILES string of the molecule is C[C@@H]1CCCCO[C@H](CN(C)S(=O)(=O)c2ccc(Cl)cc2)[C@@H](C)CN([C@H](C)CO)C(=O)c2cc(NS(=O)(=O)c3ccc(F)cc3)ccc2O1. The summed E-state index contributed by atoms with van der Waals surface area (Å²) in [5.74, 6) is -1.29. The molecule has 3 aromatic carbocycles.